The number of nitrogens with zero attached hydrogens (tertiary/aromatic N) is 5. The van der Waals surface area contributed by atoms with E-state index in [0.717, 1.165) is 28.1 Å². The minimum Gasteiger partial charge on any atom is -0.478 e. The molecule has 9 nitrogen and oxygen atoms in total. The standard InChI is InChI=1S/C17H17N3O.C10H12N2.C7H7NO2/c1-11-9-12(6-7-16(11)20(2)3)14-10-15-13(17(21)19-14)5-4-8-18-15;1-8-6-9(7-11)4-5-10(8)12(2)3;1-5-6(7(9)10)3-2-4-8-5/h4-10H,1-3H3,(H,19,21);4-6H,1-3H3;2-4H,1H3,(H,9,10). The second-order valence-corrected chi connectivity index (χ2v) is 10.3. The van der Waals surface area contributed by atoms with Gasteiger partial charge < -0.3 is 19.9 Å². The van der Waals surface area contributed by atoms with Crippen LogP contribution in [0.1, 0.15) is 32.7 Å². The second kappa shape index (κ2) is 14.4. The molecule has 0 spiro atoms. The number of carbonyl (C=O) groups is 1. The molecule has 0 saturated heterocycles. The summed E-state index contributed by atoms with van der Waals surface area (Å²) in [6.45, 7) is 5.75. The number of hydrogen-bond donors (Lipinski definition) is 2. The molecule has 2 N–H and O–H groups in total. The van der Waals surface area contributed by atoms with Crippen molar-refractivity contribution < 1.29 is 9.90 Å². The summed E-state index contributed by atoms with van der Waals surface area (Å²) in [6.07, 6.45) is 3.27. The average Bonchev–Trinajstić information content (AvgIpc) is 2.97. The quantitative estimate of drug-likeness (QED) is 0.267. The van der Waals surface area contributed by atoms with Crippen molar-refractivity contribution in [3.8, 4) is 17.3 Å². The molecule has 9 heteroatoms. The van der Waals surface area contributed by atoms with E-state index in [4.69, 9.17) is 10.4 Å². The number of hydrogen-bond acceptors (Lipinski definition) is 7. The lowest BCUT2D eigenvalue weighted by atomic mass is 10.1. The van der Waals surface area contributed by atoms with E-state index in [9.17, 15) is 9.59 Å². The predicted octanol–water partition coefficient (Wildman–Crippen LogP) is 5.99. The minimum absolute atomic E-state index is 0.107. The molecule has 0 aliphatic carbocycles. The van der Waals surface area contributed by atoms with Crippen LogP contribution in [0.3, 0.4) is 0 Å². The Labute approximate surface area is 251 Å². The van der Waals surface area contributed by atoms with Gasteiger partial charge in [-0.2, -0.15) is 5.26 Å². The van der Waals surface area contributed by atoms with Gasteiger partial charge in [-0.15, -0.1) is 0 Å². The molecule has 0 aliphatic heterocycles. The molecule has 0 unspecified atom stereocenters. The normalized spacial score (nSPS) is 10.0. The summed E-state index contributed by atoms with van der Waals surface area (Å²) < 4.78 is 0. The van der Waals surface area contributed by atoms with Gasteiger partial charge in [-0.25, -0.2) is 4.79 Å². The first-order valence-electron chi connectivity index (χ1n) is 13.5. The number of aryl methyl sites for hydroxylation is 3. The Kier molecular flexibility index (Phi) is 10.7. The van der Waals surface area contributed by atoms with Crippen molar-refractivity contribution in [2.75, 3.05) is 38.0 Å². The lowest BCUT2D eigenvalue weighted by molar-refractivity contribution is 0.0695. The number of nitriles is 1. The van der Waals surface area contributed by atoms with Crippen LogP contribution in [-0.4, -0.2) is 54.2 Å². The highest BCUT2D eigenvalue weighted by molar-refractivity contribution is 5.88. The second-order valence-electron chi connectivity index (χ2n) is 10.3. The molecule has 0 saturated carbocycles. The molecule has 0 amide bonds. The van der Waals surface area contributed by atoms with E-state index < -0.39 is 5.97 Å². The lowest BCUT2D eigenvalue weighted by Gasteiger charge is -2.16. The Morgan fingerprint density at radius 2 is 1.44 bits per heavy atom. The van der Waals surface area contributed by atoms with Crippen LogP contribution in [0, 0.1) is 32.1 Å². The number of nitrogens with one attached hydrogen (secondary N) is 1. The van der Waals surface area contributed by atoms with Crippen molar-refractivity contribution in [1.29, 1.82) is 5.26 Å². The number of aromatic carboxylic acids is 1. The van der Waals surface area contributed by atoms with Crippen molar-refractivity contribution in [2.24, 2.45) is 0 Å². The summed E-state index contributed by atoms with van der Waals surface area (Å²) >= 11 is 0. The molecule has 3 aromatic heterocycles. The van der Waals surface area contributed by atoms with Crippen LogP contribution in [0.4, 0.5) is 11.4 Å². The smallest absolute Gasteiger partial charge is 0.337 e. The Morgan fingerprint density at radius 3 is 1.98 bits per heavy atom. The number of rotatable bonds is 4. The van der Waals surface area contributed by atoms with Crippen molar-refractivity contribution in [1.82, 2.24) is 15.0 Å². The first-order valence-corrected chi connectivity index (χ1v) is 13.5. The third-order valence-corrected chi connectivity index (χ3v) is 6.65. The Morgan fingerprint density at radius 1 is 0.837 bits per heavy atom. The van der Waals surface area contributed by atoms with E-state index in [1.165, 1.54) is 17.3 Å². The fraction of sp³-hybridized carbons (Fsp3) is 0.206. The van der Waals surface area contributed by atoms with Crippen molar-refractivity contribution in [3.63, 3.8) is 0 Å². The molecule has 220 valence electrons. The lowest BCUT2D eigenvalue weighted by Crippen LogP contribution is -2.10. The average molecular weight is 577 g/mol. The first kappa shape index (κ1) is 32.0. The Hall–Kier alpha value is -5.49. The van der Waals surface area contributed by atoms with Gasteiger partial charge in [-0.3, -0.25) is 14.8 Å². The van der Waals surface area contributed by atoms with Gasteiger partial charge in [0.1, 0.15) is 0 Å². The topological polar surface area (TPSA) is 126 Å². The van der Waals surface area contributed by atoms with Crippen LogP contribution in [0.15, 0.2) is 83.9 Å². The van der Waals surface area contributed by atoms with E-state index in [-0.39, 0.29) is 11.1 Å². The summed E-state index contributed by atoms with van der Waals surface area (Å²) in [7, 11) is 8.02. The summed E-state index contributed by atoms with van der Waals surface area (Å²) in [5.74, 6) is -0.925. The maximum absolute atomic E-state index is 12.1. The van der Waals surface area contributed by atoms with E-state index in [0.29, 0.717) is 16.6 Å². The van der Waals surface area contributed by atoms with E-state index in [1.807, 2.05) is 70.3 Å². The summed E-state index contributed by atoms with van der Waals surface area (Å²) in [5, 5.41) is 17.8. The van der Waals surface area contributed by atoms with Crippen LogP contribution >= 0.6 is 0 Å². The number of aromatic nitrogens is 3. The maximum Gasteiger partial charge on any atom is 0.337 e. The van der Waals surface area contributed by atoms with Crippen molar-refractivity contribution in [2.45, 2.75) is 20.8 Å². The number of aromatic amines is 1. The number of pyridine rings is 3. The van der Waals surface area contributed by atoms with Gasteiger partial charge in [-0.1, -0.05) is 6.07 Å². The van der Waals surface area contributed by atoms with E-state index in [1.54, 1.807) is 37.5 Å². The Bertz CT molecular complexity index is 1840. The molecule has 0 bridgehead atoms. The molecule has 0 aliphatic rings. The van der Waals surface area contributed by atoms with Gasteiger partial charge in [0.15, 0.2) is 0 Å². The third-order valence-electron chi connectivity index (χ3n) is 6.65. The number of carboxylic acid groups (broad SMARTS) is 1. The van der Waals surface area contributed by atoms with Gasteiger partial charge in [0.05, 0.1) is 39.5 Å². The highest BCUT2D eigenvalue weighted by Crippen LogP contribution is 2.25. The van der Waals surface area contributed by atoms with Gasteiger partial charge in [0.25, 0.3) is 5.56 Å². The zero-order valence-corrected chi connectivity index (χ0v) is 25.5. The van der Waals surface area contributed by atoms with Gasteiger partial charge in [0, 0.05) is 52.0 Å². The molecule has 0 radical (unpaired) electrons. The van der Waals surface area contributed by atoms with Crippen molar-refractivity contribution in [3.05, 3.63) is 117 Å². The molecule has 0 atom stereocenters. The van der Waals surface area contributed by atoms with Gasteiger partial charge in [-0.05, 0) is 98.1 Å². The van der Waals surface area contributed by atoms with Crippen LogP contribution in [-0.2, 0) is 0 Å². The molecule has 0 fully saturated rings. The summed E-state index contributed by atoms with van der Waals surface area (Å²) in [6, 6.07) is 22.6. The monoisotopic (exact) mass is 576 g/mol. The summed E-state index contributed by atoms with van der Waals surface area (Å²) in [4.78, 5) is 37.6. The largest absolute Gasteiger partial charge is 0.478 e. The van der Waals surface area contributed by atoms with E-state index >= 15 is 0 Å². The predicted molar refractivity (Wildman–Crippen MR) is 173 cm³/mol. The fourth-order valence-electron chi connectivity index (χ4n) is 4.50. The molecule has 5 rings (SSSR count). The molecule has 3 heterocycles. The number of H-pyrrole nitrogens is 1. The zero-order valence-electron chi connectivity index (χ0n) is 25.5. The van der Waals surface area contributed by atoms with Crippen LogP contribution in [0.5, 0.6) is 0 Å². The third kappa shape index (κ3) is 8.27. The number of benzene rings is 2. The first-order chi connectivity index (χ1) is 20.4. The van der Waals surface area contributed by atoms with Crippen molar-refractivity contribution >= 4 is 28.2 Å². The molecular formula is C34H36N6O3. The molecule has 43 heavy (non-hydrogen) atoms. The number of fused-ring (bicyclic) bond motifs is 1. The minimum atomic E-state index is -0.925. The fourth-order valence-corrected chi connectivity index (χ4v) is 4.50. The zero-order chi connectivity index (χ0) is 31.7. The number of anilines is 2. The highest BCUT2D eigenvalue weighted by atomic mass is 16.4. The number of carboxylic acids is 1. The highest BCUT2D eigenvalue weighted by Gasteiger charge is 2.08. The molecule has 5 aromatic rings. The van der Waals surface area contributed by atoms with Crippen LogP contribution in [0.2, 0.25) is 0 Å². The summed E-state index contributed by atoms with van der Waals surface area (Å²) in [5.41, 5.74) is 8.56. The van der Waals surface area contributed by atoms with Crippen LogP contribution in [0.25, 0.3) is 22.2 Å². The van der Waals surface area contributed by atoms with Gasteiger partial charge in [0.2, 0.25) is 0 Å². The van der Waals surface area contributed by atoms with Gasteiger partial charge >= 0.3 is 5.97 Å². The van der Waals surface area contributed by atoms with E-state index in [2.05, 4.69) is 45.0 Å². The molecular weight excluding hydrogens is 540 g/mol. The Balaban J connectivity index is 0.000000195. The van der Waals surface area contributed by atoms with Crippen LogP contribution < -0.4 is 15.4 Å². The maximum atomic E-state index is 12.1. The molecule has 2 aromatic carbocycles. The SMILES string of the molecule is Cc1cc(-c2cc3ncccc3c(=O)[nH]2)ccc1N(C)C.Cc1cc(C#N)ccc1N(C)C.Cc1ncccc1C(=O)O.